The van der Waals surface area contributed by atoms with Gasteiger partial charge >= 0.3 is 0 Å². The van der Waals surface area contributed by atoms with Crippen molar-refractivity contribution in [1.29, 1.82) is 0 Å². The van der Waals surface area contributed by atoms with Crippen LogP contribution in [-0.2, 0) is 0 Å². The van der Waals surface area contributed by atoms with Gasteiger partial charge in [-0.25, -0.2) is 9.97 Å². The minimum absolute atomic E-state index is 0.199. The van der Waals surface area contributed by atoms with E-state index in [9.17, 15) is 9.59 Å². The Labute approximate surface area is 159 Å². The van der Waals surface area contributed by atoms with Gasteiger partial charge in [-0.3, -0.25) is 9.59 Å². The van der Waals surface area contributed by atoms with E-state index in [0.29, 0.717) is 22.5 Å². The van der Waals surface area contributed by atoms with Crippen LogP contribution >= 0.6 is 23.2 Å². The van der Waals surface area contributed by atoms with Crippen LogP contribution in [-0.4, -0.2) is 21.8 Å². The van der Waals surface area contributed by atoms with E-state index in [1.54, 1.807) is 48.5 Å². The van der Waals surface area contributed by atoms with Crippen molar-refractivity contribution >= 4 is 46.4 Å². The van der Waals surface area contributed by atoms with E-state index >= 15 is 0 Å². The number of aromatic nitrogens is 2. The van der Waals surface area contributed by atoms with E-state index in [-0.39, 0.29) is 22.1 Å². The van der Waals surface area contributed by atoms with Crippen molar-refractivity contribution in [1.82, 2.24) is 9.97 Å². The van der Waals surface area contributed by atoms with Gasteiger partial charge in [-0.05, 0) is 48.5 Å². The molecule has 1 aromatic carbocycles. The van der Waals surface area contributed by atoms with Gasteiger partial charge in [-0.2, -0.15) is 0 Å². The fourth-order valence-corrected chi connectivity index (χ4v) is 2.45. The Morgan fingerprint density at radius 3 is 1.42 bits per heavy atom. The van der Waals surface area contributed by atoms with Gasteiger partial charge in [0.15, 0.2) is 10.3 Å². The maximum absolute atomic E-state index is 12.3. The molecule has 0 atom stereocenters. The second kappa shape index (κ2) is 7.95. The van der Waals surface area contributed by atoms with Gasteiger partial charge in [-0.15, -0.1) is 0 Å². The lowest BCUT2D eigenvalue weighted by molar-refractivity contribution is 0.101. The lowest BCUT2D eigenvalue weighted by Gasteiger charge is -2.08. The molecule has 0 fully saturated rings. The van der Waals surface area contributed by atoms with E-state index in [2.05, 4.69) is 20.6 Å². The molecule has 2 aromatic heterocycles. The Morgan fingerprint density at radius 1 is 0.692 bits per heavy atom. The molecule has 0 radical (unpaired) electrons. The van der Waals surface area contributed by atoms with Crippen LogP contribution in [0.15, 0.2) is 60.9 Å². The fraction of sp³-hybridized carbons (Fsp3) is 0. The van der Waals surface area contributed by atoms with Gasteiger partial charge < -0.3 is 10.6 Å². The van der Waals surface area contributed by atoms with Crippen LogP contribution in [0, 0.1) is 0 Å². The van der Waals surface area contributed by atoms with Crippen molar-refractivity contribution in [2.45, 2.75) is 0 Å². The van der Waals surface area contributed by atoms with E-state index in [1.165, 1.54) is 12.4 Å². The van der Waals surface area contributed by atoms with Gasteiger partial charge in [0.2, 0.25) is 0 Å². The zero-order valence-corrected chi connectivity index (χ0v) is 14.8. The highest BCUT2D eigenvalue weighted by atomic mass is 35.5. The second-order valence-corrected chi connectivity index (χ2v) is 5.89. The van der Waals surface area contributed by atoms with Gasteiger partial charge in [0.25, 0.3) is 11.8 Å². The summed E-state index contributed by atoms with van der Waals surface area (Å²) in [5, 5.41) is 5.72. The molecule has 0 saturated carbocycles. The molecule has 0 unspecified atom stereocenters. The largest absolute Gasteiger partial charge is 0.319 e. The van der Waals surface area contributed by atoms with E-state index in [0.717, 1.165) is 0 Å². The van der Waals surface area contributed by atoms with Gasteiger partial charge in [0.05, 0.1) is 11.4 Å². The number of nitrogens with one attached hydrogen (secondary N) is 2. The Hall–Kier alpha value is -2.96. The van der Waals surface area contributed by atoms with Gasteiger partial charge in [0.1, 0.15) is 0 Å². The second-order valence-electron chi connectivity index (χ2n) is 5.17. The first-order chi connectivity index (χ1) is 12.5. The summed E-state index contributed by atoms with van der Waals surface area (Å²) in [4.78, 5) is 32.3. The predicted octanol–water partition coefficient (Wildman–Crippen LogP) is 4.29. The highest BCUT2D eigenvalue weighted by Crippen LogP contribution is 2.20. The molecule has 26 heavy (non-hydrogen) atoms. The topological polar surface area (TPSA) is 84.0 Å². The third-order valence-electron chi connectivity index (χ3n) is 3.42. The van der Waals surface area contributed by atoms with E-state index in [4.69, 9.17) is 23.2 Å². The Balaban J connectivity index is 1.70. The number of hydrogen-bond donors (Lipinski definition) is 2. The normalized spacial score (nSPS) is 10.2. The number of benzene rings is 1. The summed E-state index contributed by atoms with van der Waals surface area (Å²) < 4.78 is 0. The predicted molar refractivity (Wildman–Crippen MR) is 101 cm³/mol. The average molecular weight is 387 g/mol. The summed E-state index contributed by atoms with van der Waals surface area (Å²) >= 11 is 11.8. The summed E-state index contributed by atoms with van der Waals surface area (Å²) in [6.45, 7) is 0. The minimum atomic E-state index is -0.359. The summed E-state index contributed by atoms with van der Waals surface area (Å²) in [5.74, 6) is -0.718. The Bertz CT molecular complexity index is 883. The summed E-state index contributed by atoms with van der Waals surface area (Å²) in [7, 11) is 0. The van der Waals surface area contributed by atoms with Crippen molar-refractivity contribution in [2.75, 3.05) is 10.6 Å². The van der Waals surface area contributed by atoms with Crippen molar-refractivity contribution in [3.8, 4) is 0 Å². The number of amides is 2. The molecule has 130 valence electrons. The fourth-order valence-electron chi connectivity index (χ4n) is 2.12. The number of halogens is 2. The standard InChI is InChI=1S/C18H12Cl2N4O2/c19-15-13(3-1-9-21-15)23-17(25)11-5-7-12(8-6-11)18(26)24-14-4-2-10-22-16(14)20/h1-10H,(H,23,25)(H,24,26). The molecule has 2 amide bonds. The van der Waals surface area contributed by atoms with Crippen LogP contribution in [0.3, 0.4) is 0 Å². The maximum atomic E-state index is 12.3. The number of rotatable bonds is 4. The number of anilines is 2. The van der Waals surface area contributed by atoms with Crippen molar-refractivity contribution in [3.05, 3.63) is 82.4 Å². The summed E-state index contributed by atoms with van der Waals surface area (Å²) in [6.07, 6.45) is 3.06. The molecule has 0 aliphatic carbocycles. The Kier molecular flexibility index (Phi) is 5.46. The number of pyridine rings is 2. The molecule has 0 aliphatic rings. The van der Waals surface area contributed by atoms with E-state index in [1.807, 2.05) is 0 Å². The van der Waals surface area contributed by atoms with Crippen LogP contribution < -0.4 is 10.6 Å². The third-order valence-corrected chi connectivity index (χ3v) is 4.03. The highest BCUT2D eigenvalue weighted by Gasteiger charge is 2.12. The first-order valence-electron chi connectivity index (χ1n) is 7.48. The van der Waals surface area contributed by atoms with Crippen molar-refractivity contribution in [2.24, 2.45) is 0 Å². The maximum Gasteiger partial charge on any atom is 0.255 e. The third kappa shape index (κ3) is 4.17. The number of carbonyl (C=O) groups excluding carboxylic acids is 2. The van der Waals surface area contributed by atoms with Crippen LogP contribution in [0.2, 0.25) is 10.3 Å². The highest BCUT2D eigenvalue weighted by molar-refractivity contribution is 6.33. The first-order valence-corrected chi connectivity index (χ1v) is 8.24. The molecule has 0 spiro atoms. The van der Waals surface area contributed by atoms with Crippen molar-refractivity contribution in [3.63, 3.8) is 0 Å². The molecular weight excluding hydrogens is 375 g/mol. The van der Waals surface area contributed by atoms with Gasteiger partial charge in [0, 0.05) is 23.5 Å². The molecule has 3 aromatic rings. The smallest absolute Gasteiger partial charge is 0.255 e. The van der Waals surface area contributed by atoms with Crippen molar-refractivity contribution < 1.29 is 9.59 Å². The molecule has 8 heteroatoms. The SMILES string of the molecule is O=C(Nc1cccnc1Cl)c1ccc(C(=O)Nc2cccnc2Cl)cc1. The zero-order valence-electron chi connectivity index (χ0n) is 13.2. The monoisotopic (exact) mass is 386 g/mol. The summed E-state index contributed by atoms with van der Waals surface area (Å²) in [5.41, 5.74) is 1.57. The number of hydrogen-bond acceptors (Lipinski definition) is 4. The van der Waals surface area contributed by atoms with E-state index < -0.39 is 0 Å². The van der Waals surface area contributed by atoms with Crippen LogP contribution in [0.5, 0.6) is 0 Å². The van der Waals surface area contributed by atoms with Crippen LogP contribution in [0.4, 0.5) is 11.4 Å². The molecule has 3 rings (SSSR count). The minimum Gasteiger partial charge on any atom is -0.319 e. The van der Waals surface area contributed by atoms with Crippen LogP contribution in [0.1, 0.15) is 20.7 Å². The lowest BCUT2D eigenvalue weighted by Crippen LogP contribution is -2.15. The quantitative estimate of drug-likeness (QED) is 0.655. The molecule has 0 saturated heterocycles. The Morgan fingerprint density at radius 2 is 1.08 bits per heavy atom. The molecular formula is C18H12Cl2N4O2. The average Bonchev–Trinajstić information content (AvgIpc) is 2.65. The summed E-state index contributed by atoms with van der Waals surface area (Å²) in [6, 6.07) is 12.8. The first kappa shape index (κ1) is 17.8. The molecule has 0 aliphatic heterocycles. The van der Waals surface area contributed by atoms with Crippen LogP contribution in [0.25, 0.3) is 0 Å². The number of carbonyl (C=O) groups is 2. The number of nitrogens with zero attached hydrogens (tertiary/aromatic N) is 2. The zero-order chi connectivity index (χ0) is 18.5. The molecule has 6 nitrogen and oxygen atoms in total. The molecule has 2 N–H and O–H groups in total. The molecule has 2 heterocycles. The lowest BCUT2D eigenvalue weighted by atomic mass is 10.1. The van der Waals surface area contributed by atoms with Gasteiger partial charge in [-0.1, -0.05) is 23.2 Å². The molecule has 0 bridgehead atoms.